The van der Waals surface area contributed by atoms with Gasteiger partial charge in [-0.2, -0.15) is 5.10 Å². The zero-order valence-electron chi connectivity index (χ0n) is 19.1. The van der Waals surface area contributed by atoms with Gasteiger partial charge in [-0.3, -0.25) is 9.89 Å². The van der Waals surface area contributed by atoms with Gasteiger partial charge in [0.2, 0.25) is 5.91 Å². The molecule has 0 saturated heterocycles. The maximum absolute atomic E-state index is 13.8. The van der Waals surface area contributed by atoms with Crippen LogP contribution in [0.2, 0.25) is 0 Å². The maximum atomic E-state index is 13.8. The first kappa shape index (κ1) is 21.5. The minimum atomic E-state index is -0.314. The van der Waals surface area contributed by atoms with E-state index in [4.69, 9.17) is 0 Å². The number of nitrogens with zero attached hydrogens (tertiary/aromatic N) is 5. The quantitative estimate of drug-likeness (QED) is 0.316. The number of nitrogens with one attached hydrogen (secondary N) is 3. The second-order valence-electron chi connectivity index (χ2n) is 8.18. The lowest BCUT2D eigenvalue weighted by Gasteiger charge is -2.05. The van der Waals surface area contributed by atoms with E-state index in [0.717, 1.165) is 27.6 Å². The van der Waals surface area contributed by atoms with Crippen LogP contribution in [-0.4, -0.2) is 41.0 Å². The van der Waals surface area contributed by atoms with Gasteiger partial charge < -0.3 is 10.3 Å². The highest BCUT2D eigenvalue weighted by Gasteiger charge is 2.17. The molecule has 0 aliphatic heterocycles. The molecule has 1 amide bonds. The number of rotatable bonds is 5. The van der Waals surface area contributed by atoms with Gasteiger partial charge in [-0.1, -0.05) is 19.1 Å². The van der Waals surface area contributed by atoms with Crippen LogP contribution in [0.5, 0.6) is 0 Å². The number of amides is 1. The van der Waals surface area contributed by atoms with Crippen molar-refractivity contribution >= 4 is 33.9 Å². The van der Waals surface area contributed by atoms with Crippen molar-refractivity contribution in [2.75, 3.05) is 5.32 Å². The molecule has 10 heteroatoms. The number of aromatic amines is 2. The molecule has 0 unspecified atom stereocenters. The second kappa shape index (κ2) is 8.66. The Balaban J connectivity index is 1.40. The summed E-state index contributed by atoms with van der Waals surface area (Å²) in [4.78, 5) is 32.8. The molecule has 176 valence electrons. The van der Waals surface area contributed by atoms with Gasteiger partial charge in [0.1, 0.15) is 17.3 Å². The Morgan fingerprint density at radius 2 is 1.86 bits per heavy atom. The van der Waals surface area contributed by atoms with E-state index in [1.807, 2.05) is 24.3 Å². The molecule has 9 nitrogen and oxygen atoms in total. The molecule has 0 saturated carbocycles. The van der Waals surface area contributed by atoms with Crippen molar-refractivity contribution in [1.29, 1.82) is 0 Å². The third-order valence-corrected chi connectivity index (χ3v) is 5.86. The molecule has 1 aromatic carbocycles. The summed E-state index contributed by atoms with van der Waals surface area (Å²) in [6.45, 7) is 1.79. The summed E-state index contributed by atoms with van der Waals surface area (Å²) in [6, 6.07) is 13.8. The SMILES string of the molecule is CCC(=O)Nc1ccc(-c2cnc3n[nH]c(-c4nc5nccc(-c6cccc(F)c6)c5[nH]4)c3c2)cn1. The van der Waals surface area contributed by atoms with Crippen LogP contribution in [-0.2, 0) is 4.79 Å². The lowest BCUT2D eigenvalue weighted by molar-refractivity contribution is -0.115. The van der Waals surface area contributed by atoms with Gasteiger partial charge >= 0.3 is 0 Å². The largest absolute Gasteiger partial charge is 0.335 e. The normalized spacial score (nSPS) is 11.3. The lowest BCUT2D eigenvalue weighted by Crippen LogP contribution is -2.10. The Morgan fingerprint density at radius 3 is 2.67 bits per heavy atom. The molecule has 5 heterocycles. The summed E-state index contributed by atoms with van der Waals surface area (Å²) in [5, 5.41) is 10.8. The molecule has 0 fully saturated rings. The number of hydrogen-bond acceptors (Lipinski definition) is 6. The van der Waals surface area contributed by atoms with Gasteiger partial charge in [-0.15, -0.1) is 0 Å². The Kier molecular flexibility index (Phi) is 5.18. The van der Waals surface area contributed by atoms with E-state index in [1.165, 1.54) is 12.1 Å². The number of aromatic nitrogens is 7. The number of benzene rings is 1. The minimum Gasteiger partial charge on any atom is -0.335 e. The number of H-pyrrole nitrogens is 2. The lowest BCUT2D eigenvalue weighted by atomic mass is 10.1. The van der Waals surface area contributed by atoms with Crippen molar-refractivity contribution in [3.05, 3.63) is 72.9 Å². The zero-order chi connectivity index (χ0) is 24.6. The van der Waals surface area contributed by atoms with Gasteiger partial charge in [-0.25, -0.2) is 24.3 Å². The van der Waals surface area contributed by atoms with Crippen molar-refractivity contribution < 1.29 is 9.18 Å². The van der Waals surface area contributed by atoms with Crippen LogP contribution in [0.3, 0.4) is 0 Å². The summed E-state index contributed by atoms with van der Waals surface area (Å²) >= 11 is 0. The van der Waals surface area contributed by atoms with Crippen LogP contribution < -0.4 is 5.32 Å². The van der Waals surface area contributed by atoms with E-state index < -0.39 is 0 Å². The fourth-order valence-corrected chi connectivity index (χ4v) is 4.03. The van der Waals surface area contributed by atoms with E-state index in [0.29, 0.717) is 40.6 Å². The van der Waals surface area contributed by atoms with Gasteiger partial charge in [0.15, 0.2) is 17.1 Å². The van der Waals surface area contributed by atoms with E-state index in [2.05, 4.69) is 40.4 Å². The first-order valence-electron chi connectivity index (χ1n) is 11.3. The van der Waals surface area contributed by atoms with Crippen LogP contribution in [0.25, 0.3) is 56.0 Å². The standard InChI is InChI=1S/C26H19FN8O/c1-2-21(36)31-20-7-6-15(12-29-20)16-11-19-23(34-35-24(19)30-13-16)26-32-22-18(8-9-28-25(22)33-26)14-4-3-5-17(27)10-14/h3-13H,2H2,1H3,(H,28,32,33)(H,29,31,36)(H,30,34,35). The average molecular weight is 478 g/mol. The number of fused-ring (bicyclic) bond motifs is 2. The number of halogens is 1. The fourth-order valence-electron chi connectivity index (χ4n) is 4.03. The highest BCUT2D eigenvalue weighted by Crippen LogP contribution is 2.32. The molecule has 6 aromatic rings. The second-order valence-corrected chi connectivity index (χ2v) is 8.18. The molecule has 0 aliphatic rings. The summed E-state index contributed by atoms with van der Waals surface area (Å²) in [5.41, 5.74) is 5.58. The summed E-state index contributed by atoms with van der Waals surface area (Å²) < 4.78 is 13.8. The highest BCUT2D eigenvalue weighted by atomic mass is 19.1. The Labute approximate surface area is 203 Å². The molecule has 5 aromatic heterocycles. The van der Waals surface area contributed by atoms with Crippen LogP contribution in [0, 0.1) is 5.82 Å². The predicted octanol–water partition coefficient (Wildman–Crippen LogP) is 5.11. The molecule has 0 bridgehead atoms. The van der Waals surface area contributed by atoms with Crippen molar-refractivity contribution in [2.45, 2.75) is 13.3 Å². The monoisotopic (exact) mass is 478 g/mol. The van der Waals surface area contributed by atoms with Crippen molar-refractivity contribution in [3.8, 4) is 33.8 Å². The van der Waals surface area contributed by atoms with Gasteiger partial charge in [0, 0.05) is 41.7 Å². The van der Waals surface area contributed by atoms with Crippen molar-refractivity contribution in [1.82, 2.24) is 35.1 Å². The number of carbonyl (C=O) groups is 1. The first-order chi connectivity index (χ1) is 17.6. The number of hydrogen-bond donors (Lipinski definition) is 3. The number of pyridine rings is 3. The van der Waals surface area contributed by atoms with Crippen LogP contribution >= 0.6 is 0 Å². The maximum Gasteiger partial charge on any atom is 0.225 e. The fraction of sp³-hybridized carbons (Fsp3) is 0.0769. The van der Waals surface area contributed by atoms with E-state index in [1.54, 1.807) is 37.6 Å². The van der Waals surface area contributed by atoms with E-state index >= 15 is 0 Å². The highest BCUT2D eigenvalue weighted by molar-refractivity contribution is 5.96. The molecular formula is C26H19FN8O. The molecular weight excluding hydrogens is 459 g/mol. The Hall–Kier alpha value is -4.99. The molecule has 3 N–H and O–H groups in total. The van der Waals surface area contributed by atoms with Crippen LogP contribution in [0.1, 0.15) is 13.3 Å². The van der Waals surface area contributed by atoms with Crippen LogP contribution in [0.4, 0.5) is 10.2 Å². The average Bonchev–Trinajstić information content (AvgIpc) is 3.52. The molecule has 36 heavy (non-hydrogen) atoms. The summed E-state index contributed by atoms with van der Waals surface area (Å²) in [5.74, 6) is 0.624. The molecule has 0 aliphatic carbocycles. The molecule has 0 spiro atoms. The predicted molar refractivity (Wildman–Crippen MR) is 134 cm³/mol. The van der Waals surface area contributed by atoms with Gasteiger partial charge in [0.05, 0.1) is 10.9 Å². The number of carbonyl (C=O) groups excluding carboxylic acids is 1. The third-order valence-electron chi connectivity index (χ3n) is 5.86. The Bertz CT molecular complexity index is 1740. The summed E-state index contributed by atoms with van der Waals surface area (Å²) in [7, 11) is 0. The van der Waals surface area contributed by atoms with Crippen molar-refractivity contribution in [3.63, 3.8) is 0 Å². The number of imidazole rings is 1. The number of anilines is 1. The molecule has 0 radical (unpaired) electrons. The van der Waals surface area contributed by atoms with Crippen LogP contribution in [0.15, 0.2) is 67.1 Å². The topological polar surface area (TPSA) is 125 Å². The molecule has 6 rings (SSSR count). The Morgan fingerprint density at radius 1 is 0.972 bits per heavy atom. The first-order valence-corrected chi connectivity index (χ1v) is 11.3. The zero-order valence-corrected chi connectivity index (χ0v) is 19.1. The van der Waals surface area contributed by atoms with Crippen molar-refractivity contribution in [2.24, 2.45) is 0 Å². The summed E-state index contributed by atoms with van der Waals surface area (Å²) in [6.07, 6.45) is 5.44. The van der Waals surface area contributed by atoms with Gasteiger partial charge in [0.25, 0.3) is 0 Å². The smallest absolute Gasteiger partial charge is 0.225 e. The van der Waals surface area contributed by atoms with E-state index in [-0.39, 0.29) is 11.7 Å². The van der Waals surface area contributed by atoms with E-state index in [9.17, 15) is 9.18 Å². The molecule has 0 atom stereocenters. The van der Waals surface area contributed by atoms with Gasteiger partial charge in [-0.05, 0) is 42.0 Å². The third kappa shape index (κ3) is 3.84. The minimum absolute atomic E-state index is 0.0951.